The highest BCUT2D eigenvalue weighted by molar-refractivity contribution is 9.10. The van der Waals surface area contributed by atoms with E-state index < -0.39 is 0 Å². The Bertz CT molecular complexity index is 371. The third kappa shape index (κ3) is 1.35. The van der Waals surface area contributed by atoms with Crippen molar-refractivity contribution in [3.63, 3.8) is 0 Å². The number of nitrogens with zero attached hydrogens (tertiary/aromatic N) is 4. The molecule has 2 heterocycles. The molecule has 0 atom stereocenters. The molecule has 0 N–H and O–H groups in total. The fourth-order valence-corrected chi connectivity index (χ4v) is 1.17. The first-order chi connectivity index (χ1) is 5.86. The van der Waals surface area contributed by atoms with Crippen LogP contribution in [0.4, 0.5) is 0 Å². The van der Waals surface area contributed by atoms with Crippen molar-refractivity contribution < 1.29 is 0 Å². The van der Waals surface area contributed by atoms with Gasteiger partial charge in [0.1, 0.15) is 0 Å². The Hall–Kier alpha value is -1.23. The molecule has 4 nitrogen and oxygen atoms in total. The standard InChI is InChI=1S/C7H5BrN4/c8-6-1-2-9-7(5-6)12-4-3-10-11-12/h1-5H. The van der Waals surface area contributed by atoms with Gasteiger partial charge in [-0.15, -0.1) is 5.10 Å². The van der Waals surface area contributed by atoms with E-state index in [1.54, 1.807) is 23.3 Å². The van der Waals surface area contributed by atoms with Crippen molar-refractivity contribution in [3.05, 3.63) is 35.2 Å². The summed E-state index contributed by atoms with van der Waals surface area (Å²) in [6, 6.07) is 3.73. The van der Waals surface area contributed by atoms with Crippen LogP contribution in [0.25, 0.3) is 5.82 Å². The van der Waals surface area contributed by atoms with E-state index in [9.17, 15) is 0 Å². The molecule has 0 saturated heterocycles. The topological polar surface area (TPSA) is 43.6 Å². The lowest BCUT2D eigenvalue weighted by Gasteiger charge is -1.97. The van der Waals surface area contributed by atoms with Crippen LogP contribution in [0.5, 0.6) is 0 Å². The summed E-state index contributed by atoms with van der Waals surface area (Å²) in [5.41, 5.74) is 0. The molecule has 2 aromatic rings. The molecule has 5 heteroatoms. The molecule has 0 aliphatic rings. The molecule has 0 aromatic carbocycles. The molecule has 0 radical (unpaired) electrons. The normalized spacial score (nSPS) is 10.1. The van der Waals surface area contributed by atoms with Crippen LogP contribution >= 0.6 is 15.9 Å². The van der Waals surface area contributed by atoms with Gasteiger partial charge in [0, 0.05) is 10.7 Å². The highest BCUT2D eigenvalue weighted by atomic mass is 79.9. The van der Waals surface area contributed by atoms with Crippen molar-refractivity contribution in [2.75, 3.05) is 0 Å². The largest absolute Gasteiger partial charge is 0.237 e. The summed E-state index contributed by atoms with van der Waals surface area (Å²) >= 11 is 3.35. The van der Waals surface area contributed by atoms with Gasteiger partial charge in [0.15, 0.2) is 5.82 Å². The summed E-state index contributed by atoms with van der Waals surface area (Å²) in [5, 5.41) is 7.50. The fourth-order valence-electron chi connectivity index (χ4n) is 0.849. The van der Waals surface area contributed by atoms with Gasteiger partial charge in [-0.25, -0.2) is 9.67 Å². The Kier molecular flexibility index (Phi) is 1.87. The average molecular weight is 225 g/mol. The van der Waals surface area contributed by atoms with E-state index in [1.807, 2.05) is 12.1 Å². The molecule has 0 aliphatic carbocycles. The van der Waals surface area contributed by atoms with Crippen LogP contribution in [0.15, 0.2) is 35.2 Å². The van der Waals surface area contributed by atoms with Crippen LogP contribution in [0.3, 0.4) is 0 Å². The monoisotopic (exact) mass is 224 g/mol. The van der Waals surface area contributed by atoms with Crippen LogP contribution in [-0.4, -0.2) is 20.0 Å². The van der Waals surface area contributed by atoms with Gasteiger partial charge in [-0.2, -0.15) is 0 Å². The molecule has 0 unspecified atom stereocenters. The van der Waals surface area contributed by atoms with Crippen LogP contribution in [-0.2, 0) is 0 Å². The molecule has 0 amide bonds. The van der Waals surface area contributed by atoms with E-state index in [0.29, 0.717) is 0 Å². The molecule has 60 valence electrons. The first-order valence-corrected chi connectivity index (χ1v) is 4.14. The van der Waals surface area contributed by atoms with Crippen LogP contribution < -0.4 is 0 Å². The van der Waals surface area contributed by atoms with Crippen LogP contribution in [0.2, 0.25) is 0 Å². The molecular formula is C7H5BrN4. The van der Waals surface area contributed by atoms with Crippen molar-refractivity contribution in [3.8, 4) is 5.82 Å². The van der Waals surface area contributed by atoms with E-state index in [4.69, 9.17) is 0 Å². The number of aromatic nitrogens is 4. The van der Waals surface area contributed by atoms with Gasteiger partial charge in [0.05, 0.1) is 12.4 Å². The Labute approximate surface area is 77.4 Å². The smallest absolute Gasteiger partial charge is 0.156 e. The van der Waals surface area contributed by atoms with Gasteiger partial charge in [-0.05, 0) is 12.1 Å². The minimum Gasteiger partial charge on any atom is -0.237 e. The highest BCUT2D eigenvalue weighted by Crippen LogP contribution is 2.10. The summed E-state index contributed by atoms with van der Waals surface area (Å²) in [4.78, 5) is 4.11. The second kappa shape index (κ2) is 3.02. The quantitative estimate of drug-likeness (QED) is 0.737. The lowest BCUT2D eigenvalue weighted by molar-refractivity contribution is 0.781. The van der Waals surface area contributed by atoms with Gasteiger partial charge >= 0.3 is 0 Å². The first-order valence-electron chi connectivity index (χ1n) is 3.34. The molecular weight excluding hydrogens is 220 g/mol. The number of rotatable bonds is 1. The van der Waals surface area contributed by atoms with Crippen molar-refractivity contribution in [1.29, 1.82) is 0 Å². The van der Waals surface area contributed by atoms with Crippen molar-refractivity contribution in [2.45, 2.75) is 0 Å². The minimum atomic E-state index is 0.752. The molecule has 0 spiro atoms. The lowest BCUT2D eigenvalue weighted by Crippen LogP contribution is -1.97. The third-order valence-electron chi connectivity index (χ3n) is 1.36. The van der Waals surface area contributed by atoms with E-state index in [0.717, 1.165) is 10.3 Å². The zero-order valence-corrected chi connectivity index (χ0v) is 7.64. The summed E-state index contributed by atoms with van der Waals surface area (Å²) in [6.07, 6.45) is 5.07. The number of hydrogen-bond acceptors (Lipinski definition) is 3. The average Bonchev–Trinajstić information content (AvgIpc) is 2.56. The van der Waals surface area contributed by atoms with Gasteiger partial charge in [0.2, 0.25) is 0 Å². The van der Waals surface area contributed by atoms with E-state index in [-0.39, 0.29) is 0 Å². The Morgan fingerprint density at radius 1 is 1.33 bits per heavy atom. The maximum absolute atomic E-state index is 4.11. The zero-order valence-electron chi connectivity index (χ0n) is 6.05. The summed E-state index contributed by atoms with van der Waals surface area (Å²) < 4.78 is 2.58. The number of halogens is 1. The molecule has 0 aliphatic heterocycles. The van der Waals surface area contributed by atoms with Crippen LogP contribution in [0.1, 0.15) is 0 Å². The molecule has 2 rings (SSSR count). The van der Waals surface area contributed by atoms with Gasteiger partial charge in [0.25, 0.3) is 0 Å². The predicted octanol–water partition coefficient (Wildman–Crippen LogP) is 1.42. The van der Waals surface area contributed by atoms with Crippen molar-refractivity contribution >= 4 is 15.9 Å². The SMILES string of the molecule is Brc1ccnc(-n2ccnn2)c1. The van der Waals surface area contributed by atoms with E-state index >= 15 is 0 Å². The van der Waals surface area contributed by atoms with Crippen molar-refractivity contribution in [1.82, 2.24) is 20.0 Å². The Balaban J connectivity index is 2.48. The molecule has 0 fully saturated rings. The zero-order chi connectivity index (χ0) is 8.39. The maximum Gasteiger partial charge on any atom is 0.156 e. The number of hydrogen-bond donors (Lipinski definition) is 0. The molecule has 0 saturated carbocycles. The lowest BCUT2D eigenvalue weighted by atomic mass is 10.5. The summed E-state index contributed by atoms with van der Waals surface area (Å²) in [5.74, 6) is 0.752. The molecule has 12 heavy (non-hydrogen) atoms. The third-order valence-corrected chi connectivity index (χ3v) is 1.86. The Morgan fingerprint density at radius 3 is 2.92 bits per heavy atom. The van der Waals surface area contributed by atoms with E-state index in [1.165, 1.54) is 0 Å². The summed E-state index contributed by atoms with van der Waals surface area (Å²) in [6.45, 7) is 0. The fraction of sp³-hybridized carbons (Fsp3) is 0. The maximum atomic E-state index is 4.11. The first kappa shape index (κ1) is 7.42. The van der Waals surface area contributed by atoms with E-state index in [2.05, 4.69) is 31.2 Å². The highest BCUT2D eigenvalue weighted by Gasteiger charge is 1.97. The second-order valence-electron chi connectivity index (χ2n) is 2.18. The van der Waals surface area contributed by atoms with Gasteiger partial charge in [-0.3, -0.25) is 0 Å². The van der Waals surface area contributed by atoms with Gasteiger partial charge < -0.3 is 0 Å². The van der Waals surface area contributed by atoms with Crippen molar-refractivity contribution in [2.24, 2.45) is 0 Å². The van der Waals surface area contributed by atoms with Gasteiger partial charge in [-0.1, -0.05) is 21.1 Å². The summed E-state index contributed by atoms with van der Waals surface area (Å²) in [7, 11) is 0. The Morgan fingerprint density at radius 2 is 2.25 bits per heavy atom. The second-order valence-corrected chi connectivity index (χ2v) is 3.10. The van der Waals surface area contributed by atoms with Crippen LogP contribution in [0, 0.1) is 0 Å². The number of pyridine rings is 1. The minimum absolute atomic E-state index is 0.752. The molecule has 2 aromatic heterocycles. The predicted molar refractivity (Wildman–Crippen MR) is 46.9 cm³/mol. The molecule has 0 bridgehead atoms.